The molecule has 2 aromatic rings. The Kier molecular flexibility index (Phi) is 6.74. The SMILES string of the molecule is Cc1ccc(OCCNC(=O)[C@H]2CCCN(S(=O)(=O)c3cccs3)C2)c(C)c1. The highest BCUT2D eigenvalue weighted by Gasteiger charge is 2.33. The van der Waals surface area contributed by atoms with E-state index in [4.69, 9.17) is 4.74 Å². The van der Waals surface area contributed by atoms with Gasteiger partial charge in [-0.3, -0.25) is 4.79 Å². The summed E-state index contributed by atoms with van der Waals surface area (Å²) in [6.07, 6.45) is 1.38. The predicted octanol–water partition coefficient (Wildman–Crippen LogP) is 2.96. The van der Waals surface area contributed by atoms with Crippen molar-refractivity contribution in [3.63, 3.8) is 0 Å². The van der Waals surface area contributed by atoms with Crippen LogP contribution < -0.4 is 10.1 Å². The molecule has 8 heteroatoms. The summed E-state index contributed by atoms with van der Waals surface area (Å²) >= 11 is 1.20. The normalized spacial score (nSPS) is 18.0. The van der Waals surface area contributed by atoms with Crippen molar-refractivity contribution >= 4 is 27.3 Å². The maximum Gasteiger partial charge on any atom is 0.252 e. The molecule has 6 nitrogen and oxygen atoms in total. The first-order chi connectivity index (χ1) is 13.4. The molecule has 152 valence electrons. The van der Waals surface area contributed by atoms with E-state index in [0.717, 1.165) is 11.3 Å². The van der Waals surface area contributed by atoms with Crippen LogP contribution in [0.3, 0.4) is 0 Å². The Labute approximate surface area is 170 Å². The van der Waals surface area contributed by atoms with E-state index < -0.39 is 10.0 Å². The Hall–Kier alpha value is -1.90. The molecule has 0 unspecified atom stereocenters. The average Bonchev–Trinajstić information content (AvgIpc) is 3.22. The number of hydrogen-bond acceptors (Lipinski definition) is 5. The smallest absolute Gasteiger partial charge is 0.252 e. The third kappa shape index (κ3) is 4.92. The molecule has 28 heavy (non-hydrogen) atoms. The average molecular weight is 423 g/mol. The Morgan fingerprint density at radius 3 is 2.86 bits per heavy atom. The van der Waals surface area contributed by atoms with Crippen LogP contribution in [0.15, 0.2) is 39.9 Å². The number of hydrogen-bond donors (Lipinski definition) is 1. The van der Waals surface area contributed by atoms with Gasteiger partial charge in [0.05, 0.1) is 12.5 Å². The number of piperidine rings is 1. The van der Waals surface area contributed by atoms with E-state index in [2.05, 4.69) is 11.4 Å². The molecule has 0 saturated carbocycles. The van der Waals surface area contributed by atoms with Crippen LogP contribution in [0.5, 0.6) is 5.75 Å². The molecular weight excluding hydrogens is 396 g/mol. The van der Waals surface area contributed by atoms with Crippen LogP contribution in [-0.4, -0.2) is 44.9 Å². The zero-order valence-corrected chi connectivity index (χ0v) is 17.8. The van der Waals surface area contributed by atoms with Crippen LogP contribution in [-0.2, 0) is 14.8 Å². The van der Waals surface area contributed by atoms with Crippen molar-refractivity contribution in [1.29, 1.82) is 0 Å². The van der Waals surface area contributed by atoms with Crippen molar-refractivity contribution in [1.82, 2.24) is 9.62 Å². The quantitative estimate of drug-likeness (QED) is 0.696. The van der Waals surface area contributed by atoms with E-state index in [1.54, 1.807) is 17.5 Å². The molecule has 1 aliphatic heterocycles. The van der Waals surface area contributed by atoms with Crippen molar-refractivity contribution < 1.29 is 17.9 Å². The lowest BCUT2D eigenvalue weighted by Gasteiger charge is -2.30. The second kappa shape index (κ2) is 9.07. The Balaban J connectivity index is 1.49. The van der Waals surface area contributed by atoms with Crippen molar-refractivity contribution in [2.45, 2.75) is 30.9 Å². The number of carbonyl (C=O) groups excluding carboxylic acids is 1. The molecule has 1 aliphatic rings. The minimum atomic E-state index is -3.51. The van der Waals surface area contributed by atoms with E-state index >= 15 is 0 Å². The van der Waals surface area contributed by atoms with Gasteiger partial charge in [-0.2, -0.15) is 4.31 Å². The number of amides is 1. The van der Waals surface area contributed by atoms with Crippen LogP contribution in [0.2, 0.25) is 0 Å². The van der Waals surface area contributed by atoms with Crippen molar-refractivity contribution in [2.75, 3.05) is 26.2 Å². The summed E-state index contributed by atoms with van der Waals surface area (Å²) in [4.78, 5) is 12.5. The van der Waals surface area contributed by atoms with Crippen LogP contribution >= 0.6 is 11.3 Å². The van der Waals surface area contributed by atoms with E-state index in [1.165, 1.54) is 21.2 Å². The van der Waals surface area contributed by atoms with Crippen molar-refractivity contribution in [3.8, 4) is 5.75 Å². The maximum atomic E-state index is 12.7. The molecule has 1 N–H and O–H groups in total. The molecule has 1 amide bonds. The molecule has 0 bridgehead atoms. The molecule has 1 aromatic carbocycles. The maximum absolute atomic E-state index is 12.7. The van der Waals surface area contributed by atoms with Crippen LogP contribution in [0.1, 0.15) is 24.0 Å². The topological polar surface area (TPSA) is 75.7 Å². The number of nitrogens with one attached hydrogen (secondary N) is 1. The fourth-order valence-electron chi connectivity index (χ4n) is 3.35. The van der Waals surface area contributed by atoms with Gasteiger partial charge < -0.3 is 10.1 Å². The Morgan fingerprint density at radius 1 is 1.32 bits per heavy atom. The third-order valence-electron chi connectivity index (χ3n) is 4.83. The largest absolute Gasteiger partial charge is 0.491 e. The number of rotatable bonds is 7. The van der Waals surface area contributed by atoms with Gasteiger partial charge in [0.2, 0.25) is 5.91 Å². The molecule has 2 heterocycles. The number of sulfonamides is 1. The van der Waals surface area contributed by atoms with Gasteiger partial charge >= 0.3 is 0 Å². The lowest BCUT2D eigenvalue weighted by atomic mass is 9.99. The molecular formula is C20H26N2O4S2. The summed E-state index contributed by atoms with van der Waals surface area (Å²) in [6.45, 7) is 5.47. The number of ether oxygens (including phenoxy) is 1. The van der Waals surface area contributed by atoms with Crippen LogP contribution in [0.25, 0.3) is 0 Å². The Morgan fingerprint density at radius 2 is 2.14 bits per heavy atom. The highest BCUT2D eigenvalue weighted by atomic mass is 32.2. The molecule has 1 fully saturated rings. The molecule has 3 rings (SSSR count). The fourth-order valence-corrected chi connectivity index (χ4v) is 6.02. The van der Waals surface area contributed by atoms with Gasteiger partial charge in [-0.05, 0) is 49.8 Å². The second-order valence-corrected chi connectivity index (χ2v) is 10.2. The highest BCUT2D eigenvalue weighted by molar-refractivity contribution is 7.91. The van der Waals surface area contributed by atoms with E-state index in [-0.39, 0.29) is 18.4 Å². The first-order valence-corrected chi connectivity index (χ1v) is 11.7. The summed E-state index contributed by atoms with van der Waals surface area (Å²) in [5.74, 6) is 0.366. The van der Waals surface area contributed by atoms with Gasteiger partial charge in [0.15, 0.2) is 0 Å². The summed E-state index contributed by atoms with van der Waals surface area (Å²) < 4.78 is 32.8. The number of carbonyl (C=O) groups is 1. The number of thiophene rings is 1. The predicted molar refractivity (Wildman–Crippen MR) is 110 cm³/mol. The van der Waals surface area contributed by atoms with E-state index in [0.29, 0.717) is 36.7 Å². The van der Waals surface area contributed by atoms with Gasteiger partial charge in [0, 0.05) is 13.1 Å². The lowest BCUT2D eigenvalue weighted by molar-refractivity contribution is -0.126. The fraction of sp³-hybridized carbons (Fsp3) is 0.450. The van der Waals surface area contributed by atoms with Crippen LogP contribution in [0, 0.1) is 19.8 Å². The van der Waals surface area contributed by atoms with E-state index in [1.807, 2.05) is 26.0 Å². The number of nitrogens with zero attached hydrogens (tertiary/aromatic N) is 1. The van der Waals surface area contributed by atoms with Gasteiger partial charge in [-0.15, -0.1) is 11.3 Å². The van der Waals surface area contributed by atoms with Crippen LogP contribution in [0.4, 0.5) is 0 Å². The zero-order chi connectivity index (χ0) is 20.1. The van der Waals surface area contributed by atoms with Crippen molar-refractivity contribution in [2.24, 2.45) is 5.92 Å². The summed E-state index contributed by atoms with van der Waals surface area (Å²) in [6, 6.07) is 9.31. The standard InChI is InChI=1S/C20H26N2O4S2/c1-15-7-8-18(16(2)13-15)26-11-9-21-20(23)17-5-3-10-22(14-17)28(24,25)19-6-4-12-27-19/h4,6-8,12-13,17H,3,5,9-11,14H2,1-2H3,(H,21,23)/t17-/m0/s1. The first-order valence-electron chi connectivity index (χ1n) is 9.39. The molecule has 1 saturated heterocycles. The lowest BCUT2D eigenvalue weighted by Crippen LogP contribution is -2.45. The van der Waals surface area contributed by atoms with E-state index in [9.17, 15) is 13.2 Å². The summed E-state index contributed by atoms with van der Waals surface area (Å²) in [7, 11) is -3.51. The minimum Gasteiger partial charge on any atom is -0.491 e. The molecule has 0 spiro atoms. The second-order valence-electron chi connectivity index (χ2n) is 7.04. The first kappa shape index (κ1) is 20.8. The number of aryl methyl sites for hydroxylation is 2. The third-order valence-corrected chi connectivity index (χ3v) is 8.07. The zero-order valence-electron chi connectivity index (χ0n) is 16.2. The van der Waals surface area contributed by atoms with Gasteiger partial charge in [-0.1, -0.05) is 23.8 Å². The number of benzene rings is 1. The van der Waals surface area contributed by atoms with Gasteiger partial charge in [-0.25, -0.2) is 8.42 Å². The molecule has 1 aromatic heterocycles. The van der Waals surface area contributed by atoms with Gasteiger partial charge in [0.1, 0.15) is 16.6 Å². The van der Waals surface area contributed by atoms with Crippen molar-refractivity contribution in [3.05, 3.63) is 46.8 Å². The highest BCUT2D eigenvalue weighted by Crippen LogP contribution is 2.26. The summed E-state index contributed by atoms with van der Waals surface area (Å²) in [5.41, 5.74) is 2.24. The van der Waals surface area contributed by atoms with Gasteiger partial charge in [0.25, 0.3) is 10.0 Å². The monoisotopic (exact) mass is 422 g/mol. The molecule has 0 radical (unpaired) electrons. The summed E-state index contributed by atoms with van der Waals surface area (Å²) in [5, 5.41) is 4.62. The molecule has 0 aliphatic carbocycles. The minimum absolute atomic E-state index is 0.115. The molecule has 1 atom stereocenters. The Bertz CT molecular complexity index is 910.